The topological polar surface area (TPSA) is 52.6 Å². The molecule has 0 saturated carbocycles. The molecule has 1 unspecified atom stereocenters. The van der Waals surface area contributed by atoms with Crippen LogP contribution < -0.4 is 15.1 Å². The number of amides is 2. The van der Waals surface area contributed by atoms with E-state index in [0.29, 0.717) is 17.3 Å². The molecule has 2 aromatic rings. The molecule has 1 saturated heterocycles. The maximum atomic E-state index is 12.5. The van der Waals surface area contributed by atoms with Crippen molar-refractivity contribution >= 4 is 40.5 Å². The van der Waals surface area contributed by atoms with Gasteiger partial charge in [0.1, 0.15) is 0 Å². The Labute approximate surface area is 164 Å². The molecule has 0 aliphatic carbocycles. The highest BCUT2D eigenvalue weighted by molar-refractivity contribution is 6.30. The predicted octanol–water partition coefficient (Wildman–Crippen LogP) is 4.18. The van der Waals surface area contributed by atoms with Gasteiger partial charge in [-0.25, -0.2) is 0 Å². The second-order valence-electron chi connectivity index (χ2n) is 6.59. The molecule has 0 spiro atoms. The van der Waals surface area contributed by atoms with Gasteiger partial charge in [0.2, 0.25) is 11.8 Å². The fraction of sp³-hybridized carbons (Fsp3) is 0.333. The summed E-state index contributed by atoms with van der Waals surface area (Å²) in [5.41, 5.74) is 2.60. The Hall–Kier alpha value is -2.53. The summed E-state index contributed by atoms with van der Waals surface area (Å²) in [6, 6.07) is 14.9. The first-order chi connectivity index (χ1) is 13.0. The molecule has 3 rings (SSSR count). The van der Waals surface area contributed by atoms with E-state index in [9.17, 15) is 9.59 Å². The van der Waals surface area contributed by atoms with Crippen LogP contribution in [-0.2, 0) is 9.59 Å². The molecular weight excluding hydrogens is 362 g/mol. The van der Waals surface area contributed by atoms with Crippen LogP contribution >= 0.6 is 11.6 Å². The molecule has 1 N–H and O–H groups in total. The van der Waals surface area contributed by atoms with Crippen molar-refractivity contribution in [1.29, 1.82) is 0 Å². The number of halogens is 1. The Balaban J connectivity index is 1.67. The highest BCUT2D eigenvalue weighted by atomic mass is 35.5. The fourth-order valence-corrected chi connectivity index (χ4v) is 3.57. The van der Waals surface area contributed by atoms with Crippen LogP contribution in [0.15, 0.2) is 48.5 Å². The number of nitrogens with one attached hydrogen (secondary N) is 1. The molecule has 1 heterocycles. The summed E-state index contributed by atoms with van der Waals surface area (Å²) in [5.74, 6) is -0.566. The SMILES string of the molecule is CCN(CC)c1ccc(N2CC(C(=O)Nc3cccc(Cl)c3)CC2=O)cc1. The van der Waals surface area contributed by atoms with Crippen molar-refractivity contribution in [3.8, 4) is 0 Å². The molecule has 2 aromatic carbocycles. The first kappa shape index (κ1) is 19.2. The average Bonchev–Trinajstić information content (AvgIpc) is 3.05. The molecule has 0 bridgehead atoms. The summed E-state index contributed by atoms with van der Waals surface area (Å²) in [4.78, 5) is 28.9. The summed E-state index contributed by atoms with van der Waals surface area (Å²) in [6.07, 6.45) is 0.212. The Morgan fingerprint density at radius 1 is 1.19 bits per heavy atom. The summed E-state index contributed by atoms with van der Waals surface area (Å²) in [7, 11) is 0. The lowest BCUT2D eigenvalue weighted by molar-refractivity contribution is -0.122. The van der Waals surface area contributed by atoms with Crippen LogP contribution in [0.2, 0.25) is 5.02 Å². The van der Waals surface area contributed by atoms with Crippen molar-refractivity contribution in [2.24, 2.45) is 5.92 Å². The van der Waals surface area contributed by atoms with Gasteiger partial charge < -0.3 is 15.1 Å². The molecule has 0 radical (unpaired) electrons. The smallest absolute Gasteiger partial charge is 0.229 e. The van der Waals surface area contributed by atoms with Gasteiger partial charge in [-0.3, -0.25) is 9.59 Å². The van der Waals surface area contributed by atoms with Gasteiger partial charge in [0, 0.05) is 48.1 Å². The van der Waals surface area contributed by atoms with Crippen LogP contribution in [0.5, 0.6) is 0 Å². The van der Waals surface area contributed by atoms with Crippen molar-refractivity contribution in [3.05, 3.63) is 53.6 Å². The summed E-state index contributed by atoms with van der Waals surface area (Å²) >= 11 is 5.95. The number of nitrogens with zero attached hydrogens (tertiary/aromatic N) is 2. The molecule has 5 nitrogen and oxygen atoms in total. The van der Waals surface area contributed by atoms with Crippen LogP contribution in [0.4, 0.5) is 17.1 Å². The summed E-state index contributed by atoms with van der Waals surface area (Å²) < 4.78 is 0. The minimum absolute atomic E-state index is 0.0307. The monoisotopic (exact) mass is 385 g/mol. The van der Waals surface area contributed by atoms with E-state index >= 15 is 0 Å². The summed E-state index contributed by atoms with van der Waals surface area (Å²) in [5, 5.41) is 3.41. The maximum absolute atomic E-state index is 12.5. The van der Waals surface area contributed by atoms with Gasteiger partial charge in [0.25, 0.3) is 0 Å². The van der Waals surface area contributed by atoms with Gasteiger partial charge in [0.15, 0.2) is 0 Å². The van der Waals surface area contributed by atoms with Gasteiger partial charge in [-0.05, 0) is 56.3 Å². The molecule has 27 heavy (non-hydrogen) atoms. The Kier molecular flexibility index (Phi) is 6.01. The lowest BCUT2D eigenvalue weighted by Gasteiger charge is -2.22. The van der Waals surface area contributed by atoms with E-state index in [1.54, 1.807) is 29.2 Å². The number of rotatable bonds is 6. The van der Waals surface area contributed by atoms with Crippen LogP contribution in [0, 0.1) is 5.92 Å². The first-order valence-corrected chi connectivity index (χ1v) is 9.61. The normalized spacial score (nSPS) is 16.5. The van der Waals surface area contributed by atoms with Crippen LogP contribution in [0.1, 0.15) is 20.3 Å². The standard InChI is InChI=1S/C21H24ClN3O2/c1-3-24(4-2)18-8-10-19(11-9-18)25-14-15(12-20(25)26)21(27)23-17-7-5-6-16(22)13-17/h5-11,13,15H,3-4,12,14H2,1-2H3,(H,23,27). The average molecular weight is 386 g/mol. The lowest BCUT2D eigenvalue weighted by Crippen LogP contribution is -2.28. The van der Waals surface area contributed by atoms with Crippen molar-refractivity contribution in [3.63, 3.8) is 0 Å². The molecular formula is C21H24ClN3O2. The predicted molar refractivity (Wildman–Crippen MR) is 111 cm³/mol. The molecule has 1 fully saturated rings. The van der Waals surface area contributed by atoms with Gasteiger partial charge in [0.05, 0.1) is 5.92 Å². The van der Waals surface area contributed by atoms with Crippen molar-refractivity contribution in [2.45, 2.75) is 20.3 Å². The van der Waals surface area contributed by atoms with E-state index in [1.807, 2.05) is 24.3 Å². The van der Waals surface area contributed by atoms with E-state index in [0.717, 1.165) is 24.5 Å². The number of benzene rings is 2. The third-order valence-corrected chi connectivity index (χ3v) is 5.11. The zero-order chi connectivity index (χ0) is 19.4. The molecule has 2 amide bonds. The molecule has 0 aromatic heterocycles. The highest BCUT2D eigenvalue weighted by Gasteiger charge is 2.35. The van der Waals surface area contributed by atoms with E-state index in [2.05, 4.69) is 24.1 Å². The quantitative estimate of drug-likeness (QED) is 0.811. The largest absolute Gasteiger partial charge is 0.372 e. The highest BCUT2D eigenvalue weighted by Crippen LogP contribution is 2.28. The number of carbonyl (C=O) groups excluding carboxylic acids is 2. The number of carbonyl (C=O) groups is 2. The molecule has 142 valence electrons. The number of hydrogen-bond donors (Lipinski definition) is 1. The molecule has 6 heteroatoms. The third-order valence-electron chi connectivity index (χ3n) is 4.88. The van der Waals surface area contributed by atoms with E-state index in [1.165, 1.54) is 0 Å². The van der Waals surface area contributed by atoms with E-state index in [4.69, 9.17) is 11.6 Å². The molecule has 1 aliphatic heterocycles. The second kappa shape index (κ2) is 8.44. The van der Waals surface area contributed by atoms with Crippen LogP contribution in [0.25, 0.3) is 0 Å². The Morgan fingerprint density at radius 3 is 2.52 bits per heavy atom. The van der Waals surface area contributed by atoms with Gasteiger partial charge in [-0.1, -0.05) is 17.7 Å². The third kappa shape index (κ3) is 4.42. The van der Waals surface area contributed by atoms with Crippen molar-refractivity contribution in [2.75, 3.05) is 34.8 Å². The zero-order valence-electron chi connectivity index (χ0n) is 15.6. The number of hydrogen-bond acceptors (Lipinski definition) is 3. The minimum Gasteiger partial charge on any atom is -0.372 e. The van der Waals surface area contributed by atoms with Crippen molar-refractivity contribution in [1.82, 2.24) is 0 Å². The maximum Gasteiger partial charge on any atom is 0.229 e. The molecule has 1 aliphatic rings. The van der Waals surface area contributed by atoms with E-state index < -0.39 is 0 Å². The first-order valence-electron chi connectivity index (χ1n) is 9.23. The van der Waals surface area contributed by atoms with E-state index in [-0.39, 0.29) is 24.2 Å². The number of anilines is 3. The Morgan fingerprint density at radius 2 is 1.89 bits per heavy atom. The van der Waals surface area contributed by atoms with Gasteiger partial charge in [-0.2, -0.15) is 0 Å². The molecule has 1 atom stereocenters. The van der Waals surface area contributed by atoms with Crippen LogP contribution in [0.3, 0.4) is 0 Å². The summed E-state index contributed by atoms with van der Waals surface area (Å²) in [6.45, 7) is 6.49. The lowest BCUT2D eigenvalue weighted by atomic mass is 10.1. The van der Waals surface area contributed by atoms with Crippen molar-refractivity contribution < 1.29 is 9.59 Å². The zero-order valence-corrected chi connectivity index (χ0v) is 16.4. The van der Waals surface area contributed by atoms with Crippen LogP contribution in [-0.4, -0.2) is 31.4 Å². The fourth-order valence-electron chi connectivity index (χ4n) is 3.38. The van der Waals surface area contributed by atoms with Gasteiger partial charge >= 0.3 is 0 Å². The second-order valence-corrected chi connectivity index (χ2v) is 7.03. The minimum atomic E-state index is -0.376. The van der Waals surface area contributed by atoms with Gasteiger partial charge in [-0.15, -0.1) is 0 Å². The Bertz CT molecular complexity index is 818.